The zero-order chi connectivity index (χ0) is 15.4. The van der Waals surface area contributed by atoms with E-state index >= 15 is 0 Å². The van der Waals surface area contributed by atoms with E-state index in [0.29, 0.717) is 11.5 Å². The van der Waals surface area contributed by atoms with Crippen LogP contribution in [0.3, 0.4) is 0 Å². The molecule has 5 heteroatoms. The smallest absolute Gasteiger partial charge is 0.344 e. The van der Waals surface area contributed by atoms with Crippen LogP contribution in [0.4, 0.5) is 4.39 Å². The highest BCUT2D eigenvalue weighted by Gasteiger charge is 2.08. The van der Waals surface area contributed by atoms with Gasteiger partial charge in [0, 0.05) is 5.39 Å². The van der Waals surface area contributed by atoms with Crippen molar-refractivity contribution in [3.8, 4) is 5.75 Å². The Balaban J connectivity index is 1.50. The second-order valence-corrected chi connectivity index (χ2v) is 4.65. The molecule has 0 aliphatic heterocycles. The minimum atomic E-state index is -0.523. The molecule has 0 aliphatic rings. The first-order valence-corrected chi connectivity index (χ1v) is 6.72. The number of esters is 1. The molecule has 1 aromatic heterocycles. The Morgan fingerprint density at radius 3 is 2.64 bits per heavy atom. The van der Waals surface area contributed by atoms with Gasteiger partial charge in [-0.3, -0.25) is 0 Å². The monoisotopic (exact) mass is 300 g/mol. The van der Waals surface area contributed by atoms with E-state index in [1.54, 1.807) is 0 Å². The number of hydrogen-bond acceptors (Lipinski definition) is 4. The Kier molecular flexibility index (Phi) is 4.05. The third-order valence-electron chi connectivity index (χ3n) is 3.02. The van der Waals surface area contributed by atoms with Crippen LogP contribution >= 0.6 is 0 Å². The summed E-state index contributed by atoms with van der Waals surface area (Å²) in [6.45, 7) is -0.202. The average molecular weight is 300 g/mol. The number of ether oxygens (including phenoxy) is 2. The summed E-state index contributed by atoms with van der Waals surface area (Å²) in [5.41, 5.74) is 0.746. The van der Waals surface area contributed by atoms with Crippen LogP contribution in [0.25, 0.3) is 11.0 Å². The van der Waals surface area contributed by atoms with Gasteiger partial charge in [-0.05, 0) is 36.4 Å². The maximum Gasteiger partial charge on any atom is 0.344 e. The molecule has 0 atom stereocenters. The minimum absolute atomic E-state index is 0.0420. The number of furan rings is 1. The van der Waals surface area contributed by atoms with Crippen LogP contribution in [0.1, 0.15) is 5.76 Å². The van der Waals surface area contributed by atoms with Crippen molar-refractivity contribution in [2.45, 2.75) is 6.61 Å². The van der Waals surface area contributed by atoms with Gasteiger partial charge < -0.3 is 13.9 Å². The third-order valence-corrected chi connectivity index (χ3v) is 3.02. The molecule has 0 saturated carbocycles. The molecule has 3 rings (SSSR count). The number of halogens is 1. The summed E-state index contributed by atoms with van der Waals surface area (Å²) in [5.74, 6) is 0.0861. The number of hydrogen-bond donors (Lipinski definition) is 0. The van der Waals surface area contributed by atoms with Gasteiger partial charge in [-0.25, -0.2) is 9.18 Å². The van der Waals surface area contributed by atoms with Gasteiger partial charge in [0.1, 0.15) is 29.5 Å². The van der Waals surface area contributed by atoms with Crippen LogP contribution in [0, 0.1) is 5.82 Å². The Hall–Kier alpha value is -2.82. The molecule has 0 aliphatic carbocycles. The summed E-state index contributed by atoms with van der Waals surface area (Å²) in [4.78, 5) is 11.6. The number of carbonyl (C=O) groups is 1. The summed E-state index contributed by atoms with van der Waals surface area (Å²) >= 11 is 0. The van der Waals surface area contributed by atoms with Crippen molar-refractivity contribution in [1.29, 1.82) is 0 Å². The van der Waals surface area contributed by atoms with Crippen molar-refractivity contribution < 1.29 is 23.1 Å². The van der Waals surface area contributed by atoms with Crippen molar-refractivity contribution in [2.75, 3.05) is 6.61 Å². The van der Waals surface area contributed by atoms with E-state index in [4.69, 9.17) is 13.9 Å². The second kappa shape index (κ2) is 6.30. The Bertz CT molecular complexity index is 744. The topological polar surface area (TPSA) is 48.7 Å². The van der Waals surface area contributed by atoms with Crippen molar-refractivity contribution in [3.63, 3.8) is 0 Å². The fourth-order valence-corrected chi connectivity index (χ4v) is 1.97. The quantitative estimate of drug-likeness (QED) is 0.674. The average Bonchev–Trinajstić information content (AvgIpc) is 2.95. The van der Waals surface area contributed by atoms with E-state index in [1.807, 2.05) is 30.3 Å². The van der Waals surface area contributed by atoms with Gasteiger partial charge in [0.05, 0.1) is 0 Å². The Labute approximate surface area is 126 Å². The molecule has 112 valence electrons. The molecule has 0 unspecified atom stereocenters. The van der Waals surface area contributed by atoms with Crippen LogP contribution in [0.15, 0.2) is 59.0 Å². The summed E-state index contributed by atoms with van der Waals surface area (Å²) in [6, 6.07) is 14.8. The predicted octanol–water partition coefficient (Wildman–Crippen LogP) is 3.69. The lowest BCUT2D eigenvalue weighted by atomic mass is 10.2. The van der Waals surface area contributed by atoms with E-state index in [0.717, 1.165) is 11.0 Å². The molecular formula is C17H13FO4. The maximum absolute atomic E-state index is 12.7. The lowest BCUT2D eigenvalue weighted by Gasteiger charge is -2.05. The summed E-state index contributed by atoms with van der Waals surface area (Å²) in [7, 11) is 0. The molecule has 2 aromatic carbocycles. The number of benzene rings is 2. The lowest BCUT2D eigenvalue weighted by molar-refractivity contribution is -0.147. The number of rotatable bonds is 5. The van der Waals surface area contributed by atoms with E-state index in [1.165, 1.54) is 24.3 Å². The third kappa shape index (κ3) is 3.44. The van der Waals surface area contributed by atoms with Gasteiger partial charge in [0.25, 0.3) is 0 Å². The highest BCUT2D eigenvalue weighted by Crippen LogP contribution is 2.19. The Morgan fingerprint density at radius 1 is 1.09 bits per heavy atom. The fourth-order valence-electron chi connectivity index (χ4n) is 1.97. The molecule has 0 spiro atoms. The molecule has 0 fully saturated rings. The lowest BCUT2D eigenvalue weighted by Crippen LogP contribution is -2.14. The van der Waals surface area contributed by atoms with E-state index in [-0.39, 0.29) is 19.0 Å². The van der Waals surface area contributed by atoms with Gasteiger partial charge in [-0.2, -0.15) is 0 Å². The van der Waals surface area contributed by atoms with Gasteiger partial charge in [-0.1, -0.05) is 18.2 Å². The molecule has 0 N–H and O–H groups in total. The molecule has 0 bridgehead atoms. The van der Waals surface area contributed by atoms with Gasteiger partial charge in [0.2, 0.25) is 0 Å². The first kappa shape index (κ1) is 14.1. The van der Waals surface area contributed by atoms with E-state index in [2.05, 4.69) is 0 Å². The normalized spacial score (nSPS) is 10.6. The standard InChI is InChI=1S/C17H13FO4/c18-13-5-7-14(8-6-13)20-11-17(19)21-10-15-9-12-3-1-2-4-16(12)22-15/h1-9H,10-11H2. The zero-order valence-electron chi connectivity index (χ0n) is 11.6. The zero-order valence-corrected chi connectivity index (χ0v) is 11.6. The van der Waals surface area contributed by atoms with Gasteiger partial charge >= 0.3 is 5.97 Å². The van der Waals surface area contributed by atoms with Crippen LogP contribution in [0.2, 0.25) is 0 Å². The first-order chi connectivity index (χ1) is 10.7. The second-order valence-electron chi connectivity index (χ2n) is 4.65. The fraction of sp³-hybridized carbons (Fsp3) is 0.118. The van der Waals surface area contributed by atoms with Crippen molar-refractivity contribution >= 4 is 16.9 Å². The van der Waals surface area contributed by atoms with Gasteiger partial charge in [-0.15, -0.1) is 0 Å². The van der Waals surface area contributed by atoms with Crippen LogP contribution in [-0.4, -0.2) is 12.6 Å². The van der Waals surface area contributed by atoms with E-state index < -0.39 is 5.97 Å². The number of fused-ring (bicyclic) bond motifs is 1. The molecule has 0 radical (unpaired) electrons. The summed E-state index contributed by atoms with van der Waals surface area (Å²) in [5, 5.41) is 0.955. The molecule has 1 heterocycles. The highest BCUT2D eigenvalue weighted by molar-refractivity contribution is 5.77. The largest absolute Gasteiger partial charge is 0.482 e. The SMILES string of the molecule is O=C(COc1ccc(F)cc1)OCc1cc2ccccc2o1. The van der Waals surface area contributed by atoms with Crippen molar-refractivity contribution in [3.05, 3.63) is 66.2 Å². The molecule has 22 heavy (non-hydrogen) atoms. The first-order valence-electron chi connectivity index (χ1n) is 6.72. The predicted molar refractivity (Wildman–Crippen MR) is 77.9 cm³/mol. The highest BCUT2D eigenvalue weighted by atomic mass is 19.1. The molecule has 0 amide bonds. The van der Waals surface area contributed by atoms with Crippen molar-refractivity contribution in [1.82, 2.24) is 0 Å². The molecule has 4 nitrogen and oxygen atoms in total. The van der Waals surface area contributed by atoms with Crippen LogP contribution < -0.4 is 4.74 Å². The van der Waals surface area contributed by atoms with Crippen LogP contribution in [0.5, 0.6) is 5.75 Å². The molecule has 3 aromatic rings. The van der Waals surface area contributed by atoms with Crippen LogP contribution in [-0.2, 0) is 16.1 Å². The molecule has 0 saturated heterocycles. The molecular weight excluding hydrogens is 287 g/mol. The maximum atomic E-state index is 12.7. The summed E-state index contributed by atoms with van der Waals surface area (Å²) < 4.78 is 28.5. The summed E-state index contributed by atoms with van der Waals surface area (Å²) in [6.07, 6.45) is 0. The van der Waals surface area contributed by atoms with E-state index in [9.17, 15) is 9.18 Å². The van der Waals surface area contributed by atoms with Gasteiger partial charge in [0.15, 0.2) is 6.61 Å². The Morgan fingerprint density at radius 2 is 1.86 bits per heavy atom. The minimum Gasteiger partial charge on any atom is -0.482 e. The van der Waals surface area contributed by atoms with Crippen molar-refractivity contribution in [2.24, 2.45) is 0 Å². The number of carbonyl (C=O) groups excluding carboxylic acids is 1. The number of para-hydroxylation sites is 1.